The molecule has 1 aliphatic carbocycles. The lowest BCUT2D eigenvalue weighted by Gasteiger charge is -2.25. The number of methoxy groups -OCH3 is 1. The number of amides is 1. The molecule has 6 heteroatoms. The van der Waals surface area contributed by atoms with Crippen LogP contribution in [0, 0.1) is 10.1 Å². The van der Waals surface area contributed by atoms with Crippen LogP contribution in [0.1, 0.15) is 30.9 Å². The number of carbonyl (C=O) groups is 1. The molecule has 0 bridgehead atoms. The van der Waals surface area contributed by atoms with Gasteiger partial charge >= 0.3 is 5.69 Å². The van der Waals surface area contributed by atoms with Crippen LogP contribution in [0.3, 0.4) is 0 Å². The monoisotopic (exact) mass is 278 g/mol. The van der Waals surface area contributed by atoms with Gasteiger partial charge in [-0.05, 0) is 30.9 Å². The first kappa shape index (κ1) is 14.3. The van der Waals surface area contributed by atoms with Crippen molar-refractivity contribution >= 4 is 11.6 Å². The molecule has 1 atom stereocenters. The van der Waals surface area contributed by atoms with Gasteiger partial charge in [-0.3, -0.25) is 14.9 Å². The van der Waals surface area contributed by atoms with Crippen molar-refractivity contribution in [3.8, 4) is 5.75 Å². The Morgan fingerprint density at radius 2 is 2.30 bits per heavy atom. The number of fused-ring (bicyclic) bond motifs is 1. The van der Waals surface area contributed by atoms with E-state index in [4.69, 9.17) is 4.74 Å². The highest BCUT2D eigenvalue weighted by atomic mass is 16.6. The molecule has 0 saturated heterocycles. The summed E-state index contributed by atoms with van der Waals surface area (Å²) in [6, 6.07) is 3.54. The van der Waals surface area contributed by atoms with E-state index in [9.17, 15) is 14.9 Å². The van der Waals surface area contributed by atoms with Crippen molar-refractivity contribution < 1.29 is 14.5 Å². The maximum Gasteiger partial charge on any atom is 0.314 e. The van der Waals surface area contributed by atoms with Crippen LogP contribution in [0.15, 0.2) is 12.1 Å². The molecule has 1 amide bonds. The molecule has 1 N–H and O–H groups in total. The Morgan fingerprint density at radius 3 is 2.90 bits per heavy atom. The maximum atomic E-state index is 11.4. The molecule has 1 aromatic carbocycles. The van der Waals surface area contributed by atoms with E-state index in [0.29, 0.717) is 31.4 Å². The number of nitrogens with zero attached hydrogens (tertiary/aromatic N) is 1. The molecule has 1 unspecified atom stereocenters. The Balaban J connectivity index is 2.28. The molecule has 0 heterocycles. The molecular formula is C14H18N2O4. The number of nitrogens with one attached hydrogen (secondary N) is 1. The lowest BCUT2D eigenvalue weighted by Crippen LogP contribution is -2.38. The fraction of sp³-hybridized carbons (Fsp3) is 0.500. The van der Waals surface area contributed by atoms with Crippen LogP contribution in [-0.2, 0) is 17.6 Å². The summed E-state index contributed by atoms with van der Waals surface area (Å²) in [6.45, 7) is 1.81. The lowest BCUT2D eigenvalue weighted by molar-refractivity contribution is -0.386. The molecule has 0 radical (unpaired) electrons. The van der Waals surface area contributed by atoms with Gasteiger partial charge in [0.15, 0.2) is 5.75 Å². The van der Waals surface area contributed by atoms with Crippen LogP contribution in [0.2, 0.25) is 0 Å². The molecule has 1 aromatic rings. The molecule has 108 valence electrons. The van der Waals surface area contributed by atoms with Gasteiger partial charge in [-0.2, -0.15) is 0 Å². The van der Waals surface area contributed by atoms with E-state index in [-0.39, 0.29) is 22.6 Å². The zero-order valence-corrected chi connectivity index (χ0v) is 11.6. The van der Waals surface area contributed by atoms with Crippen LogP contribution in [0.4, 0.5) is 5.69 Å². The van der Waals surface area contributed by atoms with Crippen molar-refractivity contribution in [1.29, 1.82) is 0 Å². The highest BCUT2D eigenvalue weighted by molar-refractivity contribution is 5.76. The molecule has 6 nitrogen and oxygen atoms in total. The Morgan fingerprint density at radius 1 is 1.55 bits per heavy atom. The zero-order valence-electron chi connectivity index (χ0n) is 11.6. The molecule has 0 spiro atoms. The normalized spacial score (nSPS) is 17.2. The fourth-order valence-corrected chi connectivity index (χ4v) is 2.63. The summed E-state index contributed by atoms with van der Waals surface area (Å²) in [4.78, 5) is 22.3. The van der Waals surface area contributed by atoms with Gasteiger partial charge < -0.3 is 10.1 Å². The predicted molar refractivity (Wildman–Crippen MR) is 73.9 cm³/mol. The number of ether oxygens (including phenoxy) is 1. The quantitative estimate of drug-likeness (QED) is 0.674. The first-order chi connectivity index (χ1) is 9.56. The third-order valence-corrected chi connectivity index (χ3v) is 3.64. The van der Waals surface area contributed by atoms with Crippen LogP contribution in [-0.4, -0.2) is 24.0 Å². The van der Waals surface area contributed by atoms with Gasteiger partial charge in [0.25, 0.3) is 0 Å². The van der Waals surface area contributed by atoms with E-state index in [0.717, 1.165) is 11.1 Å². The molecular weight excluding hydrogens is 260 g/mol. The Bertz CT molecular complexity index is 542. The summed E-state index contributed by atoms with van der Waals surface area (Å²) in [5.41, 5.74) is 1.71. The number of benzene rings is 1. The number of carbonyl (C=O) groups excluding carboxylic acids is 1. The summed E-state index contributed by atoms with van der Waals surface area (Å²) in [5, 5.41) is 14.2. The average molecular weight is 278 g/mol. The molecule has 0 aliphatic heterocycles. The predicted octanol–water partition coefficient (Wildman–Crippen LogP) is 1.99. The summed E-state index contributed by atoms with van der Waals surface area (Å²) in [7, 11) is 1.43. The summed E-state index contributed by atoms with van der Waals surface area (Å²) >= 11 is 0. The summed E-state index contributed by atoms with van der Waals surface area (Å²) in [6.07, 6.45) is 2.38. The van der Waals surface area contributed by atoms with E-state index < -0.39 is 0 Å². The number of rotatable bonds is 4. The van der Waals surface area contributed by atoms with E-state index in [1.807, 2.05) is 13.0 Å². The second kappa shape index (κ2) is 5.90. The van der Waals surface area contributed by atoms with Gasteiger partial charge in [0.05, 0.1) is 12.0 Å². The molecule has 0 aromatic heterocycles. The van der Waals surface area contributed by atoms with Gasteiger partial charge in [-0.25, -0.2) is 0 Å². The second-order valence-corrected chi connectivity index (χ2v) is 4.87. The van der Waals surface area contributed by atoms with Crippen LogP contribution in [0.25, 0.3) is 0 Å². The minimum Gasteiger partial charge on any atom is -0.490 e. The van der Waals surface area contributed by atoms with E-state index >= 15 is 0 Å². The molecule has 0 fully saturated rings. The molecule has 0 saturated carbocycles. The number of nitro groups is 1. The Hall–Kier alpha value is -2.11. The first-order valence-corrected chi connectivity index (χ1v) is 6.69. The Labute approximate surface area is 117 Å². The SMILES string of the molecule is CCC(=O)NC1CCc2c(ccc(OC)c2[N+](=O)[O-])C1. The van der Waals surface area contributed by atoms with Gasteiger partial charge in [0.2, 0.25) is 5.91 Å². The molecule has 20 heavy (non-hydrogen) atoms. The van der Waals surface area contributed by atoms with Crippen LogP contribution < -0.4 is 10.1 Å². The van der Waals surface area contributed by atoms with Crippen molar-refractivity contribution in [3.05, 3.63) is 33.4 Å². The second-order valence-electron chi connectivity index (χ2n) is 4.87. The van der Waals surface area contributed by atoms with Crippen molar-refractivity contribution in [1.82, 2.24) is 5.32 Å². The smallest absolute Gasteiger partial charge is 0.314 e. The van der Waals surface area contributed by atoms with E-state index in [1.165, 1.54) is 7.11 Å². The summed E-state index contributed by atoms with van der Waals surface area (Å²) in [5.74, 6) is 0.311. The fourth-order valence-electron chi connectivity index (χ4n) is 2.63. The van der Waals surface area contributed by atoms with Crippen LogP contribution >= 0.6 is 0 Å². The van der Waals surface area contributed by atoms with E-state index in [1.54, 1.807) is 6.07 Å². The summed E-state index contributed by atoms with van der Waals surface area (Å²) < 4.78 is 5.07. The average Bonchev–Trinajstić information content (AvgIpc) is 2.45. The topological polar surface area (TPSA) is 81.5 Å². The van der Waals surface area contributed by atoms with Crippen LogP contribution in [0.5, 0.6) is 5.75 Å². The number of hydrogen-bond acceptors (Lipinski definition) is 4. The lowest BCUT2D eigenvalue weighted by atomic mass is 9.87. The standard InChI is InChI=1S/C14H18N2O4/c1-3-13(17)15-10-5-6-11-9(8-10)4-7-12(20-2)14(11)16(18)19/h4,7,10H,3,5-6,8H2,1-2H3,(H,15,17). The molecule has 2 rings (SSSR count). The third-order valence-electron chi connectivity index (χ3n) is 3.64. The highest BCUT2D eigenvalue weighted by Gasteiger charge is 2.29. The van der Waals surface area contributed by atoms with Crippen molar-refractivity contribution in [2.24, 2.45) is 0 Å². The third kappa shape index (κ3) is 2.74. The number of hydrogen-bond donors (Lipinski definition) is 1. The molecule has 1 aliphatic rings. The van der Waals surface area contributed by atoms with Gasteiger partial charge in [-0.1, -0.05) is 13.0 Å². The minimum absolute atomic E-state index is 0.0152. The van der Waals surface area contributed by atoms with Crippen molar-refractivity contribution in [2.75, 3.05) is 7.11 Å². The van der Waals surface area contributed by atoms with E-state index in [2.05, 4.69) is 5.32 Å². The van der Waals surface area contributed by atoms with Gasteiger partial charge in [0, 0.05) is 18.0 Å². The Kier molecular flexibility index (Phi) is 4.22. The van der Waals surface area contributed by atoms with Gasteiger partial charge in [-0.15, -0.1) is 0 Å². The maximum absolute atomic E-state index is 11.4. The minimum atomic E-state index is -0.386. The first-order valence-electron chi connectivity index (χ1n) is 6.69. The van der Waals surface area contributed by atoms with Gasteiger partial charge in [0.1, 0.15) is 0 Å². The van der Waals surface area contributed by atoms with Crippen molar-refractivity contribution in [3.63, 3.8) is 0 Å². The highest BCUT2D eigenvalue weighted by Crippen LogP contribution is 2.37. The zero-order chi connectivity index (χ0) is 14.7. The number of nitro benzene ring substituents is 1. The van der Waals surface area contributed by atoms with Crippen molar-refractivity contribution in [2.45, 2.75) is 38.6 Å². The largest absolute Gasteiger partial charge is 0.490 e.